The smallest absolute Gasteiger partial charge is 0.161 e. The summed E-state index contributed by atoms with van der Waals surface area (Å²) in [5.74, 6) is 3.28. The van der Waals surface area contributed by atoms with E-state index in [2.05, 4.69) is 6.07 Å². The molecular formula is C26H25NO5. The van der Waals surface area contributed by atoms with E-state index < -0.39 is 0 Å². The summed E-state index contributed by atoms with van der Waals surface area (Å²) < 4.78 is 28.0. The van der Waals surface area contributed by atoms with Crippen LogP contribution in [0.4, 0.5) is 5.69 Å². The van der Waals surface area contributed by atoms with Gasteiger partial charge in [0, 0.05) is 23.1 Å². The van der Waals surface area contributed by atoms with E-state index in [1.54, 1.807) is 28.4 Å². The fraction of sp³-hybridized carbons (Fsp3) is 0.192. The molecule has 164 valence electrons. The molecule has 0 N–H and O–H groups in total. The lowest BCUT2D eigenvalue weighted by Gasteiger charge is -2.11. The Labute approximate surface area is 186 Å². The summed E-state index contributed by atoms with van der Waals surface area (Å²) in [5, 5.41) is 1.66. The van der Waals surface area contributed by atoms with Crippen LogP contribution in [0.5, 0.6) is 23.0 Å². The Kier molecular flexibility index (Phi) is 6.03. The Morgan fingerprint density at radius 1 is 0.688 bits per heavy atom. The lowest BCUT2D eigenvalue weighted by Crippen LogP contribution is -2.04. The maximum absolute atomic E-state index is 6.24. The molecular weight excluding hydrogens is 406 g/mol. The Morgan fingerprint density at radius 3 is 2.16 bits per heavy atom. The molecule has 1 heterocycles. The van der Waals surface area contributed by atoms with Gasteiger partial charge in [-0.25, -0.2) is 4.99 Å². The molecule has 0 radical (unpaired) electrons. The van der Waals surface area contributed by atoms with Crippen molar-refractivity contribution in [2.24, 2.45) is 4.99 Å². The van der Waals surface area contributed by atoms with Crippen molar-refractivity contribution in [3.05, 3.63) is 71.6 Å². The van der Waals surface area contributed by atoms with E-state index in [0.717, 1.165) is 27.5 Å². The molecule has 4 rings (SSSR count). The summed E-state index contributed by atoms with van der Waals surface area (Å²) in [4.78, 5) is 4.93. The van der Waals surface area contributed by atoms with Crippen LogP contribution in [0.25, 0.3) is 22.3 Å². The quantitative estimate of drug-likeness (QED) is 0.393. The summed E-state index contributed by atoms with van der Waals surface area (Å²) in [7, 11) is 6.47. The Morgan fingerprint density at radius 2 is 1.44 bits per heavy atom. The van der Waals surface area contributed by atoms with Crippen molar-refractivity contribution in [3.8, 4) is 34.3 Å². The van der Waals surface area contributed by atoms with Gasteiger partial charge in [0.25, 0.3) is 0 Å². The minimum Gasteiger partial charge on any atom is -0.497 e. The van der Waals surface area contributed by atoms with Crippen LogP contribution in [-0.2, 0) is 0 Å². The molecule has 0 bridgehead atoms. The van der Waals surface area contributed by atoms with E-state index in [-0.39, 0.29) is 0 Å². The highest BCUT2D eigenvalue weighted by atomic mass is 16.5. The molecule has 0 unspecified atom stereocenters. The van der Waals surface area contributed by atoms with Crippen LogP contribution in [0, 0.1) is 6.92 Å². The largest absolute Gasteiger partial charge is 0.497 e. The Bertz CT molecular complexity index is 1340. The van der Waals surface area contributed by atoms with Gasteiger partial charge >= 0.3 is 0 Å². The highest BCUT2D eigenvalue weighted by molar-refractivity contribution is 5.80. The molecule has 6 nitrogen and oxygen atoms in total. The number of benzene rings is 3. The highest BCUT2D eigenvalue weighted by Gasteiger charge is 2.12. The minimum absolute atomic E-state index is 0.622. The maximum atomic E-state index is 6.24. The number of ether oxygens (including phenoxy) is 4. The normalized spacial score (nSPS) is 11.5. The summed E-state index contributed by atoms with van der Waals surface area (Å²) in [6.07, 6.45) is 0. The van der Waals surface area contributed by atoms with Crippen LogP contribution < -0.4 is 24.3 Å². The molecule has 0 aliphatic rings. The monoisotopic (exact) mass is 431 g/mol. The van der Waals surface area contributed by atoms with Crippen molar-refractivity contribution < 1.29 is 23.4 Å². The third-order valence-electron chi connectivity index (χ3n) is 5.19. The number of rotatable bonds is 6. The molecule has 0 aliphatic carbocycles. The second-order valence-corrected chi connectivity index (χ2v) is 7.21. The lowest BCUT2D eigenvalue weighted by atomic mass is 10.1. The summed E-state index contributed by atoms with van der Waals surface area (Å²) >= 11 is 0. The van der Waals surface area contributed by atoms with Gasteiger partial charge in [0.15, 0.2) is 11.5 Å². The Hall–Kier alpha value is -3.93. The molecule has 0 saturated carbocycles. The van der Waals surface area contributed by atoms with Crippen molar-refractivity contribution >= 4 is 16.7 Å². The predicted molar refractivity (Wildman–Crippen MR) is 124 cm³/mol. The van der Waals surface area contributed by atoms with Crippen LogP contribution in [0.15, 0.2) is 70.1 Å². The van der Waals surface area contributed by atoms with Crippen molar-refractivity contribution in [3.63, 3.8) is 0 Å². The fourth-order valence-corrected chi connectivity index (χ4v) is 3.52. The molecule has 1 aromatic heterocycles. The summed E-state index contributed by atoms with van der Waals surface area (Å²) in [5.41, 5.74) is 3.35. The van der Waals surface area contributed by atoms with Gasteiger partial charge in [-0.05, 0) is 49.4 Å². The molecule has 3 aromatic carbocycles. The highest BCUT2D eigenvalue weighted by Crippen LogP contribution is 2.34. The first-order valence-electron chi connectivity index (χ1n) is 10.1. The van der Waals surface area contributed by atoms with Gasteiger partial charge < -0.3 is 23.4 Å². The van der Waals surface area contributed by atoms with Gasteiger partial charge in [0.1, 0.15) is 28.5 Å². The molecule has 0 saturated heterocycles. The number of nitrogens with zero attached hydrogens (tertiary/aromatic N) is 1. The van der Waals surface area contributed by atoms with Gasteiger partial charge in [-0.15, -0.1) is 0 Å². The van der Waals surface area contributed by atoms with Crippen LogP contribution in [-0.4, -0.2) is 28.4 Å². The zero-order valence-corrected chi connectivity index (χ0v) is 18.8. The third kappa shape index (κ3) is 4.12. The van der Waals surface area contributed by atoms with E-state index in [1.165, 1.54) is 0 Å². The number of fused-ring (bicyclic) bond motifs is 1. The van der Waals surface area contributed by atoms with Gasteiger partial charge in [-0.2, -0.15) is 0 Å². The second kappa shape index (κ2) is 9.06. The van der Waals surface area contributed by atoms with Crippen molar-refractivity contribution in [2.45, 2.75) is 6.92 Å². The van der Waals surface area contributed by atoms with Crippen LogP contribution in [0.3, 0.4) is 0 Å². The Balaban J connectivity index is 1.99. The zero-order valence-electron chi connectivity index (χ0n) is 18.8. The van der Waals surface area contributed by atoms with E-state index >= 15 is 0 Å². The SMILES string of the molecule is COc1ccc(OC)c(N=c2cc(-c3ccc(OC)c(OC)c3)oc3ccc(C)cc23)c1. The third-order valence-corrected chi connectivity index (χ3v) is 5.19. The average Bonchev–Trinajstić information content (AvgIpc) is 2.83. The molecule has 0 fully saturated rings. The van der Waals surface area contributed by atoms with E-state index in [9.17, 15) is 0 Å². The molecule has 32 heavy (non-hydrogen) atoms. The summed E-state index contributed by atoms with van der Waals surface area (Å²) in [6.45, 7) is 2.04. The van der Waals surface area contributed by atoms with Crippen LogP contribution >= 0.6 is 0 Å². The molecule has 0 amide bonds. The summed E-state index contributed by atoms with van der Waals surface area (Å²) in [6, 6.07) is 19.1. The van der Waals surface area contributed by atoms with Crippen LogP contribution in [0.1, 0.15) is 5.56 Å². The lowest BCUT2D eigenvalue weighted by molar-refractivity contribution is 0.355. The maximum Gasteiger partial charge on any atom is 0.161 e. The van der Waals surface area contributed by atoms with Crippen molar-refractivity contribution in [1.29, 1.82) is 0 Å². The first-order chi connectivity index (χ1) is 15.6. The first kappa shape index (κ1) is 21.3. The van der Waals surface area contributed by atoms with Crippen LogP contribution in [0.2, 0.25) is 0 Å². The van der Waals surface area contributed by atoms with Gasteiger partial charge in [0.05, 0.1) is 33.8 Å². The molecule has 6 heteroatoms. The first-order valence-corrected chi connectivity index (χ1v) is 10.1. The fourth-order valence-electron chi connectivity index (χ4n) is 3.52. The van der Waals surface area contributed by atoms with Gasteiger partial charge in [-0.3, -0.25) is 0 Å². The molecule has 0 aliphatic heterocycles. The van der Waals surface area contributed by atoms with E-state index in [1.807, 2.05) is 61.5 Å². The van der Waals surface area contributed by atoms with Gasteiger partial charge in [0.2, 0.25) is 0 Å². The van der Waals surface area contributed by atoms with Gasteiger partial charge in [-0.1, -0.05) is 11.6 Å². The predicted octanol–water partition coefficient (Wildman–Crippen LogP) is 5.68. The topological polar surface area (TPSA) is 62.4 Å². The second-order valence-electron chi connectivity index (χ2n) is 7.21. The zero-order chi connectivity index (χ0) is 22.7. The number of hydrogen-bond acceptors (Lipinski definition) is 6. The minimum atomic E-state index is 0.622. The number of aryl methyl sites for hydroxylation is 1. The van der Waals surface area contributed by atoms with E-state index in [4.69, 9.17) is 28.4 Å². The average molecular weight is 431 g/mol. The van der Waals surface area contributed by atoms with Crippen molar-refractivity contribution in [1.82, 2.24) is 0 Å². The molecule has 0 atom stereocenters. The van der Waals surface area contributed by atoms with Crippen molar-refractivity contribution in [2.75, 3.05) is 28.4 Å². The molecule has 4 aromatic rings. The standard InChI is InChI=1S/C26H25NO5/c1-16-6-9-22-19(12-16)20(27-21-14-18(28-2)8-11-23(21)29-3)15-25(32-22)17-7-10-24(30-4)26(13-17)31-5/h6-15H,1-5H3. The van der Waals surface area contributed by atoms with E-state index in [0.29, 0.717) is 34.4 Å². The number of hydrogen-bond donors (Lipinski definition) is 0. The molecule has 0 spiro atoms. The number of methoxy groups -OCH3 is 4.